The zero-order valence-corrected chi connectivity index (χ0v) is 22.8. The molecule has 0 radical (unpaired) electrons. The van der Waals surface area contributed by atoms with E-state index in [-0.39, 0.29) is 11.1 Å². The molecule has 40 heavy (non-hydrogen) atoms. The van der Waals surface area contributed by atoms with Crippen molar-refractivity contribution in [3.8, 4) is 5.69 Å². The number of hydrogen-bond donors (Lipinski definition) is 0. The minimum absolute atomic E-state index is 0.00371. The molecule has 1 unspecified atom stereocenters. The smallest absolute Gasteiger partial charge is 0.266 e. The number of para-hydroxylation sites is 1. The van der Waals surface area contributed by atoms with Crippen LogP contribution in [0, 0.1) is 5.82 Å². The molecule has 0 aliphatic carbocycles. The number of hydrogen-bond acceptors (Lipinski definition) is 3. The van der Waals surface area contributed by atoms with Crippen molar-refractivity contribution in [2.24, 2.45) is 0 Å². The summed E-state index contributed by atoms with van der Waals surface area (Å²) in [5.41, 5.74) is 3.24. The summed E-state index contributed by atoms with van der Waals surface area (Å²) in [5, 5.41) is 0.497. The fourth-order valence-corrected chi connectivity index (χ4v) is 5.13. The summed E-state index contributed by atoms with van der Waals surface area (Å²) in [6, 6.07) is 30.4. The minimum Gasteiger partial charge on any atom is -0.328 e. The number of benzene rings is 4. The highest BCUT2D eigenvalue weighted by atomic mass is 19.1. The lowest BCUT2D eigenvalue weighted by Gasteiger charge is -2.32. The van der Waals surface area contributed by atoms with Crippen molar-refractivity contribution < 1.29 is 9.18 Å². The number of fused-ring (bicyclic) bond motifs is 1. The molecule has 0 spiro atoms. The molecule has 0 aliphatic heterocycles. The summed E-state index contributed by atoms with van der Waals surface area (Å²) in [4.78, 5) is 34.6. The SMILES string of the molecule is CCc1ccc(-n2c(C(CC)N(CCc3ccccc3)C(=O)c3ccccc3F)nc3ccccc3c2=O)cc1. The first-order chi connectivity index (χ1) is 19.5. The summed E-state index contributed by atoms with van der Waals surface area (Å²) < 4.78 is 16.5. The van der Waals surface area contributed by atoms with Crippen molar-refractivity contribution in [1.29, 1.82) is 0 Å². The zero-order valence-electron chi connectivity index (χ0n) is 22.8. The number of amides is 1. The van der Waals surface area contributed by atoms with Crippen molar-refractivity contribution in [1.82, 2.24) is 14.5 Å². The van der Waals surface area contributed by atoms with Crippen molar-refractivity contribution >= 4 is 16.8 Å². The van der Waals surface area contributed by atoms with Crippen LogP contribution in [0.3, 0.4) is 0 Å². The van der Waals surface area contributed by atoms with Crippen molar-refractivity contribution in [3.05, 3.63) is 142 Å². The number of halogens is 1. The lowest BCUT2D eigenvalue weighted by atomic mass is 10.1. The standard InChI is InChI=1S/C34H32FN3O2/c1-3-24-18-20-26(21-19-24)38-32(36-30-17-11-9-15-28(30)34(38)40)31(4-2)37(23-22-25-12-6-5-7-13-25)33(39)27-14-8-10-16-29(27)35/h5-21,31H,3-4,22-23H2,1-2H3. The van der Waals surface area contributed by atoms with E-state index in [1.165, 1.54) is 12.1 Å². The Morgan fingerprint density at radius 3 is 2.23 bits per heavy atom. The lowest BCUT2D eigenvalue weighted by Crippen LogP contribution is -2.40. The molecule has 1 heterocycles. The first-order valence-corrected chi connectivity index (χ1v) is 13.7. The average molecular weight is 534 g/mol. The van der Waals surface area contributed by atoms with Crippen LogP contribution < -0.4 is 5.56 Å². The van der Waals surface area contributed by atoms with Crippen LogP contribution in [0.4, 0.5) is 4.39 Å². The first-order valence-electron chi connectivity index (χ1n) is 13.7. The molecule has 0 saturated carbocycles. The van der Waals surface area contributed by atoms with E-state index in [2.05, 4.69) is 6.92 Å². The maximum atomic E-state index is 14.9. The molecule has 0 fully saturated rings. The van der Waals surface area contributed by atoms with Crippen LogP contribution in [0.5, 0.6) is 0 Å². The molecule has 5 rings (SSSR count). The van der Waals surface area contributed by atoms with Gasteiger partial charge < -0.3 is 4.90 Å². The fraction of sp³-hybridized carbons (Fsp3) is 0.206. The molecule has 5 nitrogen and oxygen atoms in total. The third-order valence-electron chi connectivity index (χ3n) is 7.31. The summed E-state index contributed by atoms with van der Waals surface area (Å²) in [6.45, 7) is 4.37. The number of aryl methyl sites for hydroxylation is 1. The molecular formula is C34H32FN3O2. The van der Waals surface area contributed by atoms with Crippen molar-refractivity contribution in [2.75, 3.05) is 6.54 Å². The van der Waals surface area contributed by atoms with E-state index in [0.717, 1.165) is 17.5 Å². The fourth-order valence-electron chi connectivity index (χ4n) is 5.13. The van der Waals surface area contributed by atoms with E-state index >= 15 is 0 Å². The molecule has 0 bridgehead atoms. The van der Waals surface area contributed by atoms with Gasteiger partial charge in [-0.1, -0.05) is 80.6 Å². The summed E-state index contributed by atoms with van der Waals surface area (Å²) in [7, 11) is 0. The Morgan fingerprint density at radius 2 is 1.52 bits per heavy atom. The van der Waals surface area contributed by atoms with E-state index in [0.29, 0.717) is 41.8 Å². The highest BCUT2D eigenvalue weighted by Gasteiger charge is 2.30. The monoisotopic (exact) mass is 533 g/mol. The lowest BCUT2D eigenvalue weighted by molar-refractivity contribution is 0.0657. The summed E-state index contributed by atoms with van der Waals surface area (Å²) in [6.07, 6.45) is 1.92. The second-order valence-electron chi connectivity index (χ2n) is 9.79. The third-order valence-corrected chi connectivity index (χ3v) is 7.31. The molecular weight excluding hydrogens is 501 g/mol. The van der Waals surface area contributed by atoms with Crippen LogP contribution in [-0.2, 0) is 12.8 Å². The highest BCUT2D eigenvalue weighted by Crippen LogP contribution is 2.28. The quantitative estimate of drug-likeness (QED) is 0.207. The Kier molecular flexibility index (Phi) is 8.15. The predicted octanol–water partition coefficient (Wildman–Crippen LogP) is 6.92. The van der Waals surface area contributed by atoms with Gasteiger partial charge >= 0.3 is 0 Å². The largest absolute Gasteiger partial charge is 0.328 e. The van der Waals surface area contributed by atoms with E-state index in [1.54, 1.807) is 27.7 Å². The van der Waals surface area contributed by atoms with Crippen molar-refractivity contribution in [3.63, 3.8) is 0 Å². The van der Waals surface area contributed by atoms with Gasteiger partial charge in [-0.25, -0.2) is 9.37 Å². The molecule has 202 valence electrons. The van der Waals surface area contributed by atoms with E-state index in [9.17, 15) is 14.0 Å². The number of rotatable bonds is 9. The molecule has 1 atom stereocenters. The molecule has 0 N–H and O–H groups in total. The van der Waals surface area contributed by atoms with Gasteiger partial charge in [0.15, 0.2) is 0 Å². The van der Waals surface area contributed by atoms with Crippen LogP contribution in [0.15, 0.2) is 108 Å². The number of carbonyl (C=O) groups is 1. The number of nitrogens with zero attached hydrogens (tertiary/aromatic N) is 3. The second kappa shape index (κ2) is 12.1. The molecule has 6 heteroatoms. The van der Waals surface area contributed by atoms with Gasteiger partial charge in [0.1, 0.15) is 11.6 Å². The Bertz CT molecular complexity index is 1680. The Morgan fingerprint density at radius 1 is 0.850 bits per heavy atom. The van der Waals surface area contributed by atoms with E-state index < -0.39 is 17.8 Å². The average Bonchev–Trinajstić information content (AvgIpc) is 3.00. The zero-order chi connectivity index (χ0) is 28.1. The molecule has 0 saturated heterocycles. The predicted molar refractivity (Wildman–Crippen MR) is 157 cm³/mol. The summed E-state index contributed by atoms with van der Waals surface area (Å²) >= 11 is 0. The van der Waals surface area contributed by atoms with Gasteiger partial charge in [0.2, 0.25) is 0 Å². The van der Waals surface area contributed by atoms with E-state index in [4.69, 9.17) is 4.98 Å². The van der Waals surface area contributed by atoms with Crippen LogP contribution in [0.1, 0.15) is 53.6 Å². The van der Waals surface area contributed by atoms with Gasteiger partial charge in [0.05, 0.1) is 28.2 Å². The molecule has 1 amide bonds. The van der Waals surface area contributed by atoms with Crippen LogP contribution >= 0.6 is 0 Å². The Hall–Kier alpha value is -4.58. The molecule has 5 aromatic rings. The maximum absolute atomic E-state index is 14.9. The van der Waals surface area contributed by atoms with Gasteiger partial charge in [0.25, 0.3) is 11.5 Å². The van der Waals surface area contributed by atoms with Gasteiger partial charge in [-0.05, 0) is 66.8 Å². The summed E-state index contributed by atoms with van der Waals surface area (Å²) in [5.74, 6) is -0.560. The minimum atomic E-state index is -0.584. The van der Waals surface area contributed by atoms with Gasteiger partial charge in [-0.15, -0.1) is 0 Å². The first kappa shape index (κ1) is 27.0. The van der Waals surface area contributed by atoms with Gasteiger partial charge in [-0.2, -0.15) is 0 Å². The van der Waals surface area contributed by atoms with Crippen LogP contribution in [0.2, 0.25) is 0 Å². The van der Waals surface area contributed by atoms with Crippen LogP contribution in [-0.4, -0.2) is 26.9 Å². The third kappa shape index (κ3) is 5.43. The van der Waals surface area contributed by atoms with Crippen molar-refractivity contribution in [2.45, 2.75) is 39.2 Å². The van der Waals surface area contributed by atoms with Crippen LogP contribution in [0.25, 0.3) is 16.6 Å². The van der Waals surface area contributed by atoms with Gasteiger partial charge in [0, 0.05) is 6.54 Å². The normalized spacial score (nSPS) is 11.9. The second-order valence-corrected chi connectivity index (χ2v) is 9.79. The highest BCUT2D eigenvalue weighted by molar-refractivity contribution is 5.94. The molecule has 0 aliphatic rings. The maximum Gasteiger partial charge on any atom is 0.266 e. The van der Waals surface area contributed by atoms with Gasteiger partial charge in [-0.3, -0.25) is 14.2 Å². The van der Waals surface area contributed by atoms with E-state index in [1.807, 2.05) is 79.7 Å². The number of carbonyl (C=O) groups excluding carboxylic acids is 1. The molecule has 4 aromatic carbocycles. The topological polar surface area (TPSA) is 55.2 Å². The Labute approximate surface area is 233 Å². The number of aromatic nitrogens is 2. The molecule has 1 aromatic heterocycles. The Balaban J connectivity index is 1.69.